The lowest BCUT2D eigenvalue weighted by Crippen LogP contribution is -2.37. The third kappa shape index (κ3) is 4.45. The van der Waals surface area contributed by atoms with Crippen LogP contribution in [-0.4, -0.2) is 29.8 Å². The summed E-state index contributed by atoms with van der Waals surface area (Å²) < 4.78 is 5.01. The molecule has 1 amide bonds. The van der Waals surface area contributed by atoms with Gasteiger partial charge in [0.05, 0.1) is 11.3 Å². The molecule has 0 saturated heterocycles. The molecule has 1 heterocycles. The van der Waals surface area contributed by atoms with Gasteiger partial charge in [-0.3, -0.25) is 14.4 Å². The van der Waals surface area contributed by atoms with Gasteiger partial charge in [-0.1, -0.05) is 6.07 Å². The van der Waals surface area contributed by atoms with E-state index in [9.17, 15) is 14.4 Å². The summed E-state index contributed by atoms with van der Waals surface area (Å²) in [4.78, 5) is 35.5. The molecule has 1 N–H and O–H groups in total. The molecule has 1 fully saturated rings. The summed E-state index contributed by atoms with van der Waals surface area (Å²) >= 11 is 1.35. The molecule has 5 nitrogen and oxygen atoms in total. The molecule has 1 aromatic heterocycles. The second kappa shape index (κ2) is 6.65. The number of ether oxygens (including phenoxy) is 1. The molecular formula is C14H17NO4S. The quantitative estimate of drug-likeness (QED) is 0.616. The Balaban J connectivity index is 1.69. The first-order valence-electron chi connectivity index (χ1n) is 6.63. The number of hydrogen-bond donors (Lipinski definition) is 1. The van der Waals surface area contributed by atoms with Gasteiger partial charge in [-0.15, -0.1) is 11.3 Å². The molecule has 0 aliphatic heterocycles. The van der Waals surface area contributed by atoms with Crippen LogP contribution in [0.1, 0.15) is 42.3 Å². The summed E-state index contributed by atoms with van der Waals surface area (Å²) in [5.74, 6) is -0.870. The topological polar surface area (TPSA) is 72.5 Å². The van der Waals surface area contributed by atoms with Gasteiger partial charge in [0.25, 0.3) is 5.91 Å². The van der Waals surface area contributed by atoms with Crippen LogP contribution in [0.5, 0.6) is 0 Å². The minimum atomic E-state index is -0.806. The molecule has 1 aliphatic rings. The molecule has 0 radical (unpaired) electrons. The number of nitrogens with one attached hydrogen (secondary N) is 1. The monoisotopic (exact) mass is 295 g/mol. The Morgan fingerprint density at radius 3 is 2.75 bits per heavy atom. The van der Waals surface area contributed by atoms with E-state index in [4.69, 9.17) is 4.74 Å². The summed E-state index contributed by atoms with van der Waals surface area (Å²) in [5, 5.41) is 4.58. The van der Waals surface area contributed by atoms with Crippen LogP contribution in [0.4, 0.5) is 0 Å². The van der Waals surface area contributed by atoms with Crippen LogP contribution in [0.25, 0.3) is 0 Å². The molecule has 20 heavy (non-hydrogen) atoms. The van der Waals surface area contributed by atoms with Crippen molar-refractivity contribution in [2.75, 3.05) is 0 Å². The number of hydrogen-bond acceptors (Lipinski definition) is 5. The molecule has 108 valence electrons. The summed E-state index contributed by atoms with van der Waals surface area (Å²) in [6, 6.07) is 3.76. The van der Waals surface area contributed by atoms with Crippen molar-refractivity contribution in [3.63, 3.8) is 0 Å². The first kappa shape index (κ1) is 14.7. The maximum Gasteiger partial charge on any atom is 0.307 e. The molecule has 1 saturated carbocycles. The maximum atomic E-state index is 11.7. The number of rotatable bonds is 7. The molecule has 0 aromatic carbocycles. The van der Waals surface area contributed by atoms with Gasteiger partial charge in [0.2, 0.25) is 0 Å². The zero-order chi connectivity index (χ0) is 14.5. The summed E-state index contributed by atoms with van der Waals surface area (Å²) in [6.07, 6.45) is 1.28. The number of ketones is 1. The van der Waals surface area contributed by atoms with Gasteiger partial charge in [0.1, 0.15) is 0 Å². The van der Waals surface area contributed by atoms with E-state index in [0.29, 0.717) is 4.88 Å². The van der Waals surface area contributed by atoms with Crippen molar-refractivity contribution >= 4 is 29.0 Å². The third-order valence-electron chi connectivity index (χ3n) is 2.95. The van der Waals surface area contributed by atoms with Gasteiger partial charge < -0.3 is 10.1 Å². The SMILES string of the molecule is C[C@H](OC(=O)CCC(=O)c1cccs1)C(=O)NC1CC1. The van der Waals surface area contributed by atoms with E-state index in [1.807, 2.05) is 5.38 Å². The number of esters is 1. The molecule has 1 aromatic rings. The highest BCUT2D eigenvalue weighted by Gasteiger charge is 2.27. The van der Waals surface area contributed by atoms with Crippen molar-refractivity contribution in [1.82, 2.24) is 5.32 Å². The molecule has 0 spiro atoms. The Hall–Kier alpha value is -1.69. The average Bonchev–Trinajstić information content (AvgIpc) is 3.06. The summed E-state index contributed by atoms with van der Waals surface area (Å²) in [5.41, 5.74) is 0. The number of thiophene rings is 1. The Bertz CT molecular complexity index is 493. The Morgan fingerprint density at radius 2 is 2.15 bits per heavy atom. The molecule has 1 aliphatic carbocycles. The highest BCUT2D eigenvalue weighted by Crippen LogP contribution is 2.19. The van der Waals surface area contributed by atoms with Gasteiger partial charge in [-0.2, -0.15) is 0 Å². The van der Waals surface area contributed by atoms with Crippen molar-refractivity contribution in [3.8, 4) is 0 Å². The fourth-order valence-corrected chi connectivity index (χ4v) is 2.33. The zero-order valence-electron chi connectivity index (χ0n) is 11.3. The molecule has 2 rings (SSSR count). The Labute approximate surface area is 121 Å². The van der Waals surface area contributed by atoms with Crippen LogP contribution in [0.3, 0.4) is 0 Å². The second-order valence-corrected chi connectivity index (χ2v) is 5.76. The predicted molar refractivity (Wildman–Crippen MR) is 74.6 cm³/mol. The van der Waals surface area contributed by atoms with E-state index < -0.39 is 12.1 Å². The lowest BCUT2D eigenvalue weighted by atomic mass is 10.2. The first-order chi connectivity index (χ1) is 9.56. The number of Topliss-reactive ketones (excluding diaryl/α,β-unsaturated/α-hetero) is 1. The van der Waals surface area contributed by atoms with Crippen molar-refractivity contribution in [2.24, 2.45) is 0 Å². The van der Waals surface area contributed by atoms with E-state index >= 15 is 0 Å². The van der Waals surface area contributed by atoms with E-state index in [1.165, 1.54) is 18.3 Å². The third-order valence-corrected chi connectivity index (χ3v) is 3.86. The van der Waals surface area contributed by atoms with E-state index in [1.54, 1.807) is 12.1 Å². The first-order valence-corrected chi connectivity index (χ1v) is 7.51. The Kier molecular flexibility index (Phi) is 4.89. The number of carbonyl (C=O) groups is 3. The van der Waals surface area contributed by atoms with Gasteiger partial charge in [0.15, 0.2) is 11.9 Å². The van der Waals surface area contributed by atoms with Crippen molar-refractivity contribution in [2.45, 2.75) is 44.8 Å². The van der Waals surface area contributed by atoms with Gasteiger partial charge in [-0.25, -0.2) is 0 Å². The van der Waals surface area contributed by atoms with Crippen LogP contribution < -0.4 is 5.32 Å². The average molecular weight is 295 g/mol. The lowest BCUT2D eigenvalue weighted by Gasteiger charge is -2.12. The summed E-state index contributed by atoms with van der Waals surface area (Å²) in [6.45, 7) is 1.54. The highest BCUT2D eigenvalue weighted by atomic mass is 32.1. The molecular weight excluding hydrogens is 278 g/mol. The maximum absolute atomic E-state index is 11.7. The fraction of sp³-hybridized carbons (Fsp3) is 0.500. The zero-order valence-corrected chi connectivity index (χ0v) is 12.1. The summed E-state index contributed by atoms with van der Waals surface area (Å²) in [7, 11) is 0. The standard InChI is InChI=1S/C14H17NO4S/c1-9(14(18)15-10-4-5-10)19-13(17)7-6-11(16)12-3-2-8-20-12/h2-3,8-10H,4-7H2,1H3,(H,15,18)/t9-/m0/s1. The number of carbonyl (C=O) groups excluding carboxylic acids is 3. The van der Waals surface area contributed by atoms with E-state index in [2.05, 4.69) is 5.32 Å². The van der Waals surface area contributed by atoms with Crippen molar-refractivity contribution in [3.05, 3.63) is 22.4 Å². The normalized spacial score (nSPS) is 15.4. The number of amides is 1. The van der Waals surface area contributed by atoms with Crippen LogP contribution >= 0.6 is 11.3 Å². The minimum absolute atomic E-state index is 0.00220. The molecule has 6 heteroatoms. The van der Waals surface area contributed by atoms with Crippen molar-refractivity contribution < 1.29 is 19.1 Å². The second-order valence-electron chi connectivity index (χ2n) is 4.82. The van der Waals surface area contributed by atoms with E-state index in [-0.39, 0.29) is 30.6 Å². The predicted octanol–water partition coefficient (Wildman–Crippen LogP) is 1.92. The van der Waals surface area contributed by atoms with Crippen LogP contribution in [0.2, 0.25) is 0 Å². The van der Waals surface area contributed by atoms with E-state index in [0.717, 1.165) is 12.8 Å². The fourth-order valence-electron chi connectivity index (χ4n) is 1.63. The van der Waals surface area contributed by atoms with Gasteiger partial charge in [0, 0.05) is 12.5 Å². The molecule has 0 bridgehead atoms. The van der Waals surface area contributed by atoms with Crippen molar-refractivity contribution in [1.29, 1.82) is 0 Å². The van der Waals surface area contributed by atoms with Gasteiger partial charge >= 0.3 is 5.97 Å². The highest BCUT2D eigenvalue weighted by molar-refractivity contribution is 7.12. The van der Waals surface area contributed by atoms with Crippen LogP contribution in [0.15, 0.2) is 17.5 Å². The van der Waals surface area contributed by atoms with Gasteiger partial charge in [-0.05, 0) is 31.2 Å². The largest absolute Gasteiger partial charge is 0.453 e. The molecule has 1 atom stereocenters. The Morgan fingerprint density at radius 1 is 1.40 bits per heavy atom. The van der Waals surface area contributed by atoms with Crippen LogP contribution in [-0.2, 0) is 14.3 Å². The molecule has 0 unspecified atom stereocenters. The minimum Gasteiger partial charge on any atom is -0.453 e. The lowest BCUT2D eigenvalue weighted by molar-refractivity contribution is -0.154. The van der Waals surface area contributed by atoms with Crippen LogP contribution in [0, 0.1) is 0 Å². The smallest absolute Gasteiger partial charge is 0.307 e.